The molecule has 0 aromatic heterocycles. The summed E-state index contributed by atoms with van der Waals surface area (Å²) in [4.78, 5) is 12.9. The molecule has 0 fully saturated rings. The fourth-order valence-corrected chi connectivity index (χ4v) is 5.42. The number of carbonyl (C=O) groups excluding carboxylic acids is 1. The number of nitrogens with one attached hydrogen (secondary N) is 1. The molecule has 0 saturated carbocycles. The molecule has 0 atom stereocenters. The fourth-order valence-electron chi connectivity index (χ4n) is 3.87. The first-order valence-corrected chi connectivity index (χ1v) is 13.3. The Labute approximate surface area is 218 Å². The summed E-state index contributed by atoms with van der Waals surface area (Å²) in [5.74, 6) is 0.299. The van der Waals surface area contributed by atoms with Crippen molar-refractivity contribution < 1.29 is 22.7 Å². The molecule has 0 radical (unpaired) electrons. The highest BCUT2D eigenvalue weighted by Gasteiger charge is 2.28. The average molecular weight is 531 g/mol. The van der Waals surface area contributed by atoms with Gasteiger partial charge in [-0.1, -0.05) is 29.8 Å². The molecule has 3 aromatic carbocycles. The first-order chi connectivity index (χ1) is 17.1. The van der Waals surface area contributed by atoms with Gasteiger partial charge in [0.1, 0.15) is 6.54 Å². The number of hydrogen-bond donors (Lipinski definition) is 1. The predicted molar refractivity (Wildman–Crippen MR) is 143 cm³/mol. The van der Waals surface area contributed by atoms with Crippen LogP contribution in [0.3, 0.4) is 0 Å². The summed E-state index contributed by atoms with van der Waals surface area (Å²) < 4.78 is 39.1. The van der Waals surface area contributed by atoms with Crippen LogP contribution in [0.4, 0.5) is 5.69 Å². The number of benzene rings is 3. The van der Waals surface area contributed by atoms with Crippen molar-refractivity contribution in [3.05, 3.63) is 82.4 Å². The van der Waals surface area contributed by atoms with E-state index < -0.39 is 15.9 Å². The zero-order valence-electron chi connectivity index (χ0n) is 20.9. The SMILES string of the molecule is COc1ccc(S(=O)(=O)N(CC(=O)NCCCc2ccc(Cl)cc2)c2cc(C)cc(C)c2)cc1OC. The van der Waals surface area contributed by atoms with Crippen molar-refractivity contribution in [3.8, 4) is 11.5 Å². The Balaban J connectivity index is 1.81. The molecule has 0 aliphatic rings. The molecule has 9 heteroatoms. The highest BCUT2D eigenvalue weighted by molar-refractivity contribution is 7.92. The summed E-state index contributed by atoms with van der Waals surface area (Å²) in [6.07, 6.45) is 1.47. The van der Waals surface area contributed by atoms with Crippen LogP contribution >= 0.6 is 11.6 Å². The van der Waals surface area contributed by atoms with Gasteiger partial charge in [0.2, 0.25) is 5.91 Å². The minimum atomic E-state index is -4.09. The summed E-state index contributed by atoms with van der Waals surface area (Å²) in [6, 6.07) is 17.4. The van der Waals surface area contributed by atoms with E-state index in [2.05, 4.69) is 5.32 Å². The molecule has 0 unspecified atom stereocenters. The average Bonchev–Trinajstić information content (AvgIpc) is 2.85. The molecule has 0 heterocycles. The van der Waals surface area contributed by atoms with E-state index in [1.165, 1.54) is 32.4 Å². The maximum Gasteiger partial charge on any atom is 0.264 e. The van der Waals surface area contributed by atoms with E-state index in [-0.39, 0.29) is 17.2 Å². The van der Waals surface area contributed by atoms with Gasteiger partial charge in [0.05, 0.1) is 24.8 Å². The molecule has 3 rings (SSSR count). The number of methoxy groups -OCH3 is 2. The van der Waals surface area contributed by atoms with Gasteiger partial charge in [0.25, 0.3) is 10.0 Å². The summed E-state index contributed by atoms with van der Waals surface area (Å²) in [5.41, 5.74) is 3.31. The molecule has 0 spiro atoms. The Kier molecular flexibility index (Phi) is 9.23. The first kappa shape index (κ1) is 27.4. The van der Waals surface area contributed by atoms with Gasteiger partial charge in [-0.05, 0) is 79.8 Å². The van der Waals surface area contributed by atoms with Crippen LogP contribution in [0.15, 0.2) is 65.6 Å². The molecule has 0 aliphatic heterocycles. The largest absolute Gasteiger partial charge is 0.493 e. The van der Waals surface area contributed by atoms with E-state index in [0.717, 1.165) is 27.4 Å². The van der Waals surface area contributed by atoms with Crippen LogP contribution in [-0.4, -0.2) is 41.6 Å². The zero-order valence-corrected chi connectivity index (χ0v) is 22.4. The molecule has 1 N–H and O–H groups in total. The topological polar surface area (TPSA) is 84.9 Å². The summed E-state index contributed by atoms with van der Waals surface area (Å²) in [5, 5.41) is 3.52. The van der Waals surface area contributed by atoms with Crippen LogP contribution in [0.1, 0.15) is 23.1 Å². The van der Waals surface area contributed by atoms with Gasteiger partial charge in [-0.25, -0.2) is 8.42 Å². The molecular weight excluding hydrogens is 500 g/mol. The van der Waals surface area contributed by atoms with Crippen LogP contribution in [0.5, 0.6) is 11.5 Å². The van der Waals surface area contributed by atoms with Crippen molar-refractivity contribution in [2.75, 3.05) is 31.6 Å². The van der Waals surface area contributed by atoms with E-state index in [4.69, 9.17) is 21.1 Å². The van der Waals surface area contributed by atoms with Gasteiger partial charge in [0, 0.05) is 17.6 Å². The van der Waals surface area contributed by atoms with Gasteiger partial charge in [0.15, 0.2) is 11.5 Å². The Morgan fingerprint density at radius 2 is 1.56 bits per heavy atom. The van der Waals surface area contributed by atoms with Crippen molar-refractivity contribution in [1.82, 2.24) is 5.32 Å². The number of sulfonamides is 1. The Bertz CT molecular complexity index is 1290. The fraction of sp³-hybridized carbons (Fsp3) is 0.296. The van der Waals surface area contributed by atoms with Gasteiger partial charge in [-0.3, -0.25) is 9.10 Å². The van der Waals surface area contributed by atoms with Gasteiger partial charge in [-0.2, -0.15) is 0 Å². The van der Waals surface area contributed by atoms with Crippen LogP contribution in [-0.2, 0) is 21.2 Å². The van der Waals surface area contributed by atoms with Gasteiger partial charge >= 0.3 is 0 Å². The molecular formula is C27H31ClN2O5S. The minimum absolute atomic E-state index is 0.00477. The lowest BCUT2D eigenvalue weighted by Crippen LogP contribution is -2.41. The van der Waals surface area contributed by atoms with Gasteiger partial charge in [-0.15, -0.1) is 0 Å². The highest BCUT2D eigenvalue weighted by atomic mass is 35.5. The van der Waals surface area contributed by atoms with Crippen molar-refractivity contribution in [2.24, 2.45) is 0 Å². The molecule has 192 valence electrons. The monoisotopic (exact) mass is 530 g/mol. The quantitative estimate of drug-likeness (QED) is 0.356. The van der Waals surface area contributed by atoms with Crippen molar-refractivity contribution >= 4 is 33.2 Å². The molecule has 0 saturated heterocycles. The third-order valence-electron chi connectivity index (χ3n) is 5.60. The zero-order chi connectivity index (χ0) is 26.3. The molecule has 0 aliphatic carbocycles. The number of rotatable bonds is 11. The third kappa shape index (κ3) is 6.92. The predicted octanol–water partition coefficient (Wildman–Crippen LogP) is 4.92. The normalized spacial score (nSPS) is 11.1. The van der Waals surface area contributed by atoms with E-state index in [9.17, 15) is 13.2 Å². The number of halogens is 1. The maximum atomic E-state index is 13.7. The van der Waals surface area contributed by atoms with Crippen LogP contribution in [0.25, 0.3) is 0 Å². The molecule has 0 bridgehead atoms. The second-order valence-corrected chi connectivity index (χ2v) is 10.8. The first-order valence-electron chi connectivity index (χ1n) is 11.5. The van der Waals surface area contributed by atoms with E-state index in [1.54, 1.807) is 12.1 Å². The second kappa shape index (κ2) is 12.1. The van der Waals surface area contributed by atoms with Crippen molar-refractivity contribution in [2.45, 2.75) is 31.6 Å². The van der Waals surface area contributed by atoms with E-state index in [0.29, 0.717) is 29.4 Å². The van der Waals surface area contributed by atoms with Crippen LogP contribution < -0.4 is 19.1 Å². The van der Waals surface area contributed by atoms with Gasteiger partial charge < -0.3 is 14.8 Å². The molecule has 36 heavy (non-hydrogen) atoms. The number of carbonyl (C=O) groups is 1. The van der Waals surface area contributed by atoms with E-state index in [1.807, 2.05) is 44.2 Å². The van der Waals surface area contributed by atoms with Crippen molar-refractivity contribution in [3.63, 3.8) is 0 Å². The number of anilines is 1. The second-order valence-electron chi connectivity index (χ2n) is 8.45. The molecule has 3 aromatic rings. The number of ether oxygens (including phenoxy) is 2. The number of amides is 1. The van der Waals surface area contributed by atoms with Crippen LogP contribution in [0.2, 0.25) is 5.02 Å². The summed E-state index contributed by atoms with van der Waals surface area (Å²) in [7, 11) is -1.18. The summed E-state index contributed by atoms with van der Waals surface area (Å²) in [6.45, 7) is 3.82. The smallest absolute Gasteiger partial charge is 0.264 e. The lowest BCUT2D eigenvalue weighted by molar-refractivity contribution is -0.119. The Morgan fingerprint density at radius 1 is 0.917 bits per heavy atom. The Morgan fingerprint density at radius 3 is 2.17 bits per heavy atom. The number of aryl methyl sites for hydroxylation is 3. The Hall–Kier alpha value is -3.23. The van der Waals surface area contributed by atoms with E-state index >= 15 is 0 Å². The third-order valence-corrected chi connectivity index (χ3v) is 7.62. The van der Waals surface area contributed by atoms with Crippen LogP contribution in [0, 0.1) is 13.8 Å². The summed E-state index contributed by atoms with van der Waals surface area (Å²) >= 11 is 5.92. The number of hydrogen-bond acceptors (Lipinski definition) is 5. The molecule has 1 amide bonds. The standard InChI is InChI=1S/C27H31ClN2O5S/c1-19-14-20(2)16-23(15-19)30(36(32,33)24-11-12-25(34-3)26(17-24)35-4)18-27(31)29-13-5-6-21-7-9-22(28)10-8-21/h7-12,14-17H,5-6,13,18H2,1-4H3,(H,29,31). The lowest BCUT2D eigenvalue weighted by atomic mass is 10.1. The lowest BCUT2D eigenvalue weighted by Gasteiger charge is -2.25. The highest BCUT2D eigenvalue weighted by Crippen LogP contribution is 2.32. The number of nitrogens with zero attached hydrogens (tertiary/aromatic N) is 1. The minimum Gasteiger partial charge on any atom is -0.493 e. The maximum absolute atomic E-state index is 13.7. The van der Waals surface area contributed by atoms with Crippen molar-refractivity contribution in [1.29, 1.82) is 0 Å². The molecule has 7 nitrogen and oxygen atoms in total.